The topological polar surface area (TPSA) is 78.3 Å². The maximum absolute atomic E-state index is 10.2. The second kappa shape index (κ2) is 4.29. The average Bonchev–Trinajstić information content (AvgIpc) is 1.63. The van der Waals surface area contributed by atoms with Crippen molar-refractivity contribution < 1.29 is 9.53 Å². The van der Waals surface area contributed by atoms with Crippen molar-refractivity contribution >= 4 is 5.97 Å². The van der Waals surface area contributed by atoms with Crippen LogP contribution in [0, 0.1) is 0 Å². The van der Waals surface area contributed by atoms with Gasteiger partial charge in [-0.1, -0.05) is 0 Å². The van der Waals surface area contributed by atoms with E-state index in [1.165, 1.54) is 6.92 Å². The summed E-state index contributed by atoms with van der Waals surface area (Å²) in [5.41, 5.74) is 10.4. The standard InChI is InChI=1S/C5H12N2O2/c1-4(8)9-5(7)2-3-6/h5H,2-3,6-7H2,1H3. The second-order valence-electron chi connectivity index (χ2n) is 1.73. The zero-order valence-electron chi connectivity index (χ0n) is 5.46. The summed E-state index contributed by atoms with van der Waals surface area (Å²) in [7, 11) is 0. The van der Waals surface area contributed by atoms with Crippen LogP contribution in [0.2, 0.25) is 0 Å². The van der Waals surface area contributed by atoms with Gasteiger partial charge in [0, 0.05) is 13.3 Å². The SMILES string of the molecule is CC(=O)OC(N)CCN. The smallest absolute Gasteiger partial charge is 0.304 e. The number of carbonyl (C=O) groups is 1. The predicted octanol–water partition coefficient (Wildman–Crippen LogP) is -0.817. The highest BCUT2D eigenvalue weighted by molar-refractivity contribution is 5.66. The Hall–Kier alpha value is -0.610. The van der Waals surface area contributed by atoms with Gasteiger partial charge in [0.15, 0.2) is 6.23 Å². The molecule has 0 fully saturated rings. The molecule has 0 rings (SSSR count). The summed E-state index contributed by atoms with van der Waals surface area (Å²) in [5, 5.41) is 0. The fraction of sp³-hybridized carbons (Fsp3) is 0.800. The van der Waals surface area contributed by atoms with E-state index in [1.807, 2.05) is 0 Å². The van der Waals surface area contributed by atoms with Gasteiger partial charge in [0.05, 0.1) is 0 Å². The molecule has 0 saturated carbocycles. The van der Waals surface area contributed by atoms with Crippen LogP contribution in [0.25, 0.3) is 0 Å². The lowest BCUT2D eigenvalue weighted by molar-refractivity contribution is -0.146. The minimum Gasteiger partial charge on any atom is -0.447 e. The molecule has 9 heavy (non-hydrogen) atoms. The number of carbonyl (C=O) groups excluding carboxylic acids is 1. The van der Waals surface area contributed by atoms with E-state index in [2.05, 4.69) is 4.74 Å². The first-order valence-corrected chi connectivity index (χ1v) is 2.79. The molecule has 4 N–H and O–H groups in total. The Morgan fingerprint density at radius 2 is 2.33 bits per heavy atom. The molecule has 0 heterocycles. The molecule has 0 aliphatic heterocycles. The number of hydrogen-bond donors (Lipinski definition) is 2. The monoisotopic (exact) mass is 132 g/mol. The van der Waals surface area contributed by atoms with E-state index < -0.39 is 6.23 Å². The zero-order valence-corrected chi connectivity index (χ0v) is 5.46. The highest BCUT2D eigenvalue weighted by atomic mass is 16.5. The normalized spacial score (nSPS) is 12.8. The molecule has 1 unspecified atom stereocenters. The van der Waals surface area contributed by atoms with Crippen LogP contribution in [-0.2, 0) is 9.53 Å². The van der Waals surface area contributed by atoms with Gasteiger partial charge in [-0.15, -0.1) is 0 Å². The van der Waals surface area contributed by atoms with Crippen LogP contribution in [0.15, 0.2) is 0 Å². The first kappa shape index (κ1) is 8.39. The molecule has 0 aliphatic rings. The lowest BCUT2D eigenvalue weighted by Crippen LogP contribution is -2.28. The molecule has 54 valence electrons. The van der Waals surface area contributed by atoms with Gasteiger partial charge < -0.3 is 10.5 Å². The van der Waals surface area contributed by atoms with E-state index in [0.29, 0.717) is 13.0 Å². The molecule has 0 aromatic carbocycles. The summed E-state index contributed by atoms with van der Waals surface area (Å²) >= 11 is 0. The van der Waals surface area contributed by atoms with Crippen LogP contribution in [-0.4, -0.2) is 18.7 Å². The Kier molecular flexibility index (Phi) is 4.00. The largest absolute Gasteiger partial charge is 0.447 e. The maximum Gasteiger partial charge on any atom is 0.304 e. The third-order valence-corrected chi connectivity index (χ3v) is 0.769. The Morgan fingerprint density at radius 1 is 1.78 bits per heavy atom. The Balaban J connectivity index is 3.26. The highest BCUT2D eigenvalue weighted by Crippen LogP contribution is 1.87. The molecule has 0 spiro atoms. The Morgan fingerprint density at radius 3 is 2.67 bits per heavy atom. The molecular weight excluding hydrogens is 120 g/mol. The van der Waals surface area contributed by atoms with Gasteiger partial charge in [0.2, 0.25) is 0 Å². The van der Waals surface area contributed by atoms with E-state index >= 15 is 0 Å². The molecule has 0 amide bonds. The Bertz CT molecular complexity index is 95.0. The molecule has 0 radical (unpaired) electrons. The van der Waals surface area contributed by atoms with Crippen molar-refractivity contribution in [3.05, 3.63) is 0 Å². The molecule has 0 aromatic rings. The van der Waals surface area contributed by atoms with Crippen LogP contribution in [0.5, 0.6) is 0 Å². The molecule has 4 nitrogen and oxygen atoms in total. The number of nitrogens with two attached hydrogens (primary N) is 2. The molecule has 0 aliphatic carbocycles. The van der Waals surface area contributed by atoms with E-state index in [-0.39, 0.29) is 5.97 Å². The summed E-state index contributed by atoms with van der Waals surface area (Å²) in [6, 6.07) is 0. The third kappa shape index (κ3) is 5.26. The quantitative estimate of drug-likeness (QED) is 0.388. The molecular formula is C5H12N2O2. The third-order valence-electron chi connectivity index (χ3n) is 0.769. The number of esters is 1. The number of rotatable bonds is 3. The van der Waals surface area contributed by atoms with Crippen molar-refractivity contribution in [3.8, 4) is 0 Å². The van der Waals surface area contributed by atoms with Crippen LogP contribution in [0.1, 0.15) is 13.3 Å². The van der Waals surface area contributed by atoms with Crippen molar-refractivity contribution in [2.75, 3.05) is 6.54 Å². The fourth-order valence-electron chi connectivity index (χ4n) is 0.436. The molecule has 0 saturated heterocycles. The van der Waals surface area contributed by atoms with Crippen LogP contribution in [0.4, 0.5) is 0 Å². The van der Waals surface area contributed by atoms with Gasteiger partial charge >= 0.3 is 5.97 Å². The van der Waals surface area contributed by atoms with Gasteiger partial charge in [-0.3, -0.25) is 10.5 Å². The van der Waals surface area contributed by atoms with Gasteiger partial charge in [0.25, 0.3) is 0 Å². The predicted molar refractivity (Wildman–Crippen MR) is 33.4 cm³/mol. The van der Waals surface area contributed by atoms with E-state index in [9.17, 15) is 4.79 Å². The number of ether oxygens (including phenoxy) is 1. The van der Waals surface area contributed by atoms with E-state index in [4.69, 9.17) is 11.5 Å². The second-order valence-corrected chi connectivity index (χ2v) is 1.73. The summed E-state index contributed by atoms with van der Waals surface area (Å²) in [5.74, 6) is -0.365. The van der Waals surface area contributed by atoms with E-state index in [1.54, 1.807) is 0 Å². The van der Waals surface area contributed by atoms with Crippen molar-refractivity contribution in [3.63, 3.8) is 0 Å². The van der Waals surface area contributed by atoms with Gasteiger partial charge in [-0.2, -0.15) is 0 Å². The molecule has 0 aromatic heterocycles. The van der Waals surface area contributed by atoms with Gasteiger partial charge in [0.1, 0.15) is 0 Å². The summed E-state index contributed by atoms with van der Waals surface area (Å²) in [6.07, 6.45) is -0.0213. The van der Waals surface area contributed by atoms with Crippen molar-refractivity contribution in [1.29, 1.82) is 0 Å². The summed E-state index contributed by atoms with van der Waals surface area (Å²) < 4.78 is 4.55. The fourth-order valence-corrected chi connectivity index (χ4v) is 0.436. The molecule has 4 heteroatoms. The van der Waals surface area contributed by atoms with Crippen LogP contribution in [0.3, 0.4) is 0 Å². The van der Waals surface area contributed by atoms with Crippen LogP contribution >= 0.6 is 0 Å². The lowest BCUT2D eigenvalue weighted by Gasteiger charge is -2.08. The van der Waals surface area contributed by atoms with E-state index in [0.717, 1.165) is 0 Å². The van der Waals surface area contributed by atoms with Gasteiger partial charge in [-0.05, 0) is 6.54 Å². The summed E-state index contributed by atoms with van der Waals surface area (Å²) in [4.78, 5) is 10.2. The first-order valence-electron chi connectivity index (χ1n) is 2.79. The average molecular weight is 132 g/mol. The number of hydrogen-bond acceptors (Lipinski definition) is 4. The van der Waals surface area contributed by atoms with Gasteiger partial charge in [-0.25, -0.2) is 0 Å². The summed E-state index contributed by atoms with van der Waals surface area (Å²) in [6.45, 7) is 1.75. The lowest BCUT2D eigenvalue weighted by atomic mass is 10.4. The van der Waals surface area contributed by atoms with Crippen LogP contribution < -0.4 is 11.5 Å². The minimum atomic E-state index is -0.535. The van der Waals surface area contributed by atoms with Crippen molar-refractivity contribution in [1.82, 2.24) is 0 Å². The minimum absolute atomic E-state index is 0.365. The highest BCUT2D eigenvalue weighted by Gasteiger charge is 2.02. The molecule has 0 bridgehead atoms. The zero-order chi connectivity index (χ0) is 7.28. The van der Waals surface area contributed by atoms with Crippen molar-refractivity contribution in [2.45, 2.75) is 19.6 Å². The Labute approximate surface area is 54.2 Å². The first-order chi connectivity index (χ1) is 4.16. The molecule has 1 atom stereocenters. The van der Waals surface area contributed by atoms with Crippen molar-refractivity contribution in [2.24, 2.45) is 11.5 Å². The maximum atomic E-state index is 10.2.